The Morgan fingerprint density at radius 3 is 2.11 bits per heavy atom. The molecule has 0 atom stereocenters. The van der Waals surface area contributed by atoms with Gasteiger partial charge in [-0.15, -0.1) is 0 Å². The molecule has 3 N–H and O–H groups in total. The minimum absolute atomic E-state index is 1.49. The molecule has 0 aliphatic carbocycles. The van der Waals surface area contributed by atoms with E-state index in [4.69, 9.17) is 14.7 Å². The predicted octanol–water partition coefficient (Wildman–Crippen LogP) is -1.11. The molecule has 0 saturated carbocycles. The third-order valence-corrected chi connectivity index (χ3v) is 0.861. The molecule has 0 heterocycles. The number of rotatable bonds is 2. The van der Waals surface area contributed by atoms with Crippen LogP contribution in [0.4, 0.5) is 4.39 Å². The van der Waals surface area contributed by atoms with Gasteiger partial charge in [-0.3, -0.25) is 0 Å². The van der Waals surface area contributed by atoms with Gasteiger partial charge in [-0.05, 0) is 0 Å². The van der Waals surface area contributed by atoms with Gasteiger partial charge in [0.1, 0.15) is 0 Å². The maximum atomic E-state index is 11.1. The Bertz CT molecular complexity index is 108. The average molecular weight is 160 g/mol. The second-order valence-corrected chi connectivity index (χ2v) is 2.53. The van der Waals surface area contributed by atoms with Crippen LogP contribution in [0.25, 0.3) is 0 Å². The molecule has 9 heavy (non-hydrogen) atoms. The third-order valence-electron chi connectivity index (χ3n) is 0.360. The van der Waals surface area contributed by atoms with Gasteiger partial charge >= 0.3 is 49.2 Å². The van der Waals surface area contributed by atoms with Gasteiger partial charge < -0.3 is 0 Å². The SMILES string of the molecule is O=C(CF)O[PH](O)(O)O. The molecule has 0 unspecified atom stereocenters. The molecule has 0 aliphatic rings. The zero-order valence-corrected chi connectivity index (χ0v) is 5.24. The average Bonchev–Trinajstić information content (AvgIpc) is 1.62. The Labute approximate surface area is 50.4 Å². The summed E-state index contributed by atoms with van der Waals surface area (Å²) in [4.78, 5) is 33.7. The van der Waals surface area contributed by atoms with Crippen molar-refractivity contribution >= 4 is 14.1 Å². The molecule has 0 rings (SSSR count). The summed E-state index contributed by atoms with van der Waals surface area (Å²) in [6.45, 7) is -1.49. The molecule has 0 radical (unpaired) electrons. The molecule has 0 saturated heterocycles. The summed E-state index contributed by atoms with van der Waals surface area (Å²) in [6.07, 6.45) is 0. The van der Waals surface area contributed by atoms with E-state index in [1.807, 2.05) is 0 Å². The number of carbonyl (C=O) groups excluding carboxylic acids is 1. The maximum absolute atomic E-state index is 11.1. The fourth-order valence-electron chi connectivity index (χ4n) is 0.180. The summed E-state index contributed by atoms with van der Waals surface area (Å²) in [5.41, 5.74) is 0. The Morgan fingerprint density at radius 1 is 1.56 bits per heavy atom. The van der Waals surface area contributed by atoms with Crippen LogP contribution < -0.4 is 0 Å². The van der Waals surface area contributed by atoms with Gasteiger partial charge in [-0.1, -0.05) is 0 Å². The molecule has 0 amide bonds. The summed E-state index contributed by atoms with van der Waals surface area (Å²) in [7, 11) is -4.83. The van der Waals surface area contributed by atoms with Crippen LogP contribution in [0.15, 0.2) is 0 Å². The molecule has 5 nitrogen and oxygen atoms in total. The van der Waals surface area contributed by atoms with E-state index >= 15 is 0 Å². The van der Waals surface area contributed by atoms with E-state index in [-0.39, 0.29) is 0 Å². The predicted molar refractivity (Wildman–Crippen MR) is 27.0 cm³/mol. The van der Waals surface area contributed by atoms with E-state index in [2.05, 4.69) is 4.52 Å². The van der Waals surface area contributed by atoms with Crippen LogP contribution in [-0.4, -0.2) is 27.3 Å². The molecule has 56 valence electrons. The van der Waals surface area contributed by atoms with Crippen molar-refractivity contribution < 1.29 is 28.4 Å². The summed E-state index contributed by atoms with van der Waals surface area (Å²) in [5, 5.41) is 0. The summed E-state index contributed by atoms with van der Waals surface area (Å²) in [5.74, 6) is -1.49. The Morgan fingerprint density at radius 2 is 2.00 bits per heavy atom. The number of alkyl halides is 1. The van der Waals surface area contributed by atoms with Crippen molar-refractivity contribution in [3.63, 3.8) is 0 Å². The van der Waals surface area contributed by atoms with Gasteiger partial charge in [0.15, 0.2) is 0 Å². The van der Waals surface area contributed by atoms with Crippen LogP contribution in [0.1, 0.15) is 0 Å². The molecule has 0 aromatic carbocycles. The quantitative estimate of drug-likeness (QED) is 0.445. The van der Waals surface area contributed by atoms with Crippen molar-refractivity contribution in [2.45, 2.75) is 0 Å². The van der Waals surface area contributed by atoms with E-state index in [0.29, 0.717) is 0 Å². The molecule has 0 aromatic heterocycles. The first-order valence-corrected chi connectivity index (χ1v) is 3.65. The van der Waals surface area contributed by atoms with E-state index in [9.17, 15) is 9.18 Å². The minimum atomic E-state index is -4.83. The summed E-state index contributed by atoms with van der Waals surface area (Å²) in [6, 6.07) is 0. The fraction of sp³-hybridized carbons (Fsp3) is 0.500. The van der Waals surface area contributed by atoms with Crippen molar-refractivity contribution in [1.82, 2.24) is 0 Å². The van der Waals surface area contributed by atoms with E-state index in [0.717, 1.165) is 0 Å². The van der Waals surface area contributed by atoms with E-state index < -0.39 is 20.8 Å². The normalized spacial score (nSPS) is 12.9. The van der Waals surface area contributed by atoms with Crippen molar-refractivity contribution in [3.8, 4) is 0 Å². The molecule has 0 bridgehead atoms. The van der Waals surface area contributed by atoms with Gasteiger partial charge in [0.25, 0.3) is 0 Å². The van der Waals surface area contributed by atoms with Crippen LogP contribution in [0.3, 0.4) is 0 Å². The first-order chi connectivity index (χ1) is 3.95. The first-order valence-electron chi connectivity index (χ1n) is 1.90. The molecular formula is C2H6FO5P. The van der Waals surface area contributed by atoms with Gasteiger partial charge in [0.2, 0.25) is 0 Å². The van der Waals surface area contributed by atoms with Gasteiger partial charge in [-0.25, -0.2) is 0 Å². The van der Waals surface area contributed by atoms with Crippen molar-refractivity contribution in [2.24, 2.45) is 0 Å². The Balaban J connectivity index is 3.60. The van der Waals surface area contributed by atoms with Crippen molar-refractivity contribution in [2.75, 3.05) is 6.67 Å². The molecule has 0 spiro atoms. The Kier molecular flexibility index (Phi) is 2.93. The standard InChI is InChI=1S/C2H6FO5P/c3-1-2(4)8-9(5,6)7/h5-7,9H,1H2. The first kappa shape index (κ1) is 8.71. The van der Waals surface area contributed by atoms with Gasteiger partial charge in [-0.2, -0.15) is 0 Å². The van der Waals surface area contributed by atoms with Gasteiger partial charge in [0, 0.05) is 0 Å². The van der Waals surface area contributed by atoms with Crippen LogP contribution in [0.2, 0.25) is 0 Å². The topological polar surface area (TPSA) is 87.0 Å². The molecule has 7 heteroatoms. The zero-order valence-electron chi connectivity index (χ0n) is 4.24. The number of hydrogen-bond donors (Lipinski definition) is 3. The Hall–Kier alpha value is -0.290. The second kappa shape index (κ2) is 3.03. The molecule has 0 aromatic rings. The number of halogens is 1. The summed E-state index contributed by atoms with van der Waals surface area (Å²) >= 11 is 0. The van der Waals surface area contributed by atoms with E-state index in [1.54, 1.807) is 0 Å². The number of hydrogen-bond acceptors (Lipinski definition) is 5. The molecular weight excluding hydrogens is 154 g/mol. The van der Waals surface area contributed by atoms with Crippen molar-refractivity contribution in [1.29, 1.82) is 0 Å². The molecule has 0 fully saturated rings. The van der Waals surface area contributed by atoms with Crippen LogP contribution in [0, 0.1) is 0 Å². The van der Waals surface area contributed by atoms with Crippen LogP contribution >= 0.6 is 8.17 Å². The number of carbonyl (C=O) groups is 1. The fourth-order valence-corrected chi connectivity index (χ4v) is 0.540. The summed E-state index contributed by atoms with van der Waals surface area (Å²) < 4.78 is 14.5. The van der Waals surface area contributed by atoms with Crippen LogP contribution in [0.5, 0.6) is 0 Å². The van der Waals surface area contributed by atoms with E-state index in [1.165, 1.54) is 0 Å². The van der Waals surface area contributed by atoms with Crippen molar-refractivity contribution in [3.05, 3.63) is 0 Å². The van der Waals surface area contributed by atoms with Crippen LogP contribution in [-0.2, 0) is 9.32 Å². The second-order valence-electron chi connectivity index (χ2n) is 1.18. The third kappa shape index (κ3) is 5.58. The molecule has 0 aliphatic heterocycles. The van der Waals surface area contributed by atoms with Gasteiger partial charge in [0.05, 0.1) is 0 Å². The zero-order chi connectivity index (χ0) is 7.49. The monoisotopic (exact) mass is 160 g/mol.